The molecule has 0 radical (unpaired) electrons. The Kier molecular flexibility index (Phi) is 9.09. The SMILES string of the molecule is CCC(NC(=O)c1c(CC2CCN(C(=O)OC(C)(C)C)CC2)c(-c2ccccc2)nc2c(F)cccc12)c1ccccc1. The second-order valence-electron chi connectivity index (χ2n) is 12.3. The normalized spacial score (nSPS) is 14.9. The second kappa shape index (κ2) is 12.9. The standard InChI is InChI=1S/C36H40FN3O3/c1-5-30(25-13-8-6-9-14-25)38-34(41)31-27-17-12-18-29(37)33(27)39-32(26-15-10-7-11-16-26)28(31)23-24-19-21-40(22-20-24)35(42)43-36(2,3)4/h6-18,24,30H,5,19-23H2,1-4H3,(H,38,41). The molecule has 1 aliphatic rings. The van der Waals surface area contributed by atoms with E-state index < -0.39 is 11.4 Å². The number of hydrogen-bond acceptors (Lipinski definition) is 4. The van der Waals surface area contributed by atoms with Gasteiger partial charge in [0.05, 0.1) is 17.3 Å². The fourth-order valence-corrected chi connectivity index (χ4v) is 5.86. The number of aromatic nitrogens is 1. The molecule has 1 unspecified atom stereocenters. The third-order valence-electron chi connectivity index (χ3n) is 8.02. The number of hydrogen-bond donors (Lipinski definition) is 1. The average Bonchev–Trinajstić information content (AvgIpc) is 3.00. The minimum absolute atomic E-state index is 0.183. The van der Waals surface area contributed by atoms with Crippen LogP contribution in [0.3, 0.4) is 0 Å². The summed E-state index contributed by atoms with van der Waals surface area (Å²) in [4.78, 5) is 33.6. The van der Waals surface area contributed by atoms with Crippen LogP contribution in [0.4, 0.5) is 9.18 Å². The van der Waals surface area contributed by atoms with Crippen LogP contribution in [0.2, 0.25) is 0 Å². The number of para-hydroxylation sites is 1. The predicted octanol–water partition coefficient (Wildman–Crippen LogP) is 8.11. The number of carbonyl (C=O) groups excluding carboxylic acids is 2. The van der Waals surface area contributed by atoms with Crippen LogP contribution < -0.4 is 5.32 Å². The molecular weight excluding hydrogens is 541 g/mol. The van der Waals surface area contributed by atoms with Crippen molar-refractivity contribution >= 4 is 22.9 Å². The molecule has 2 heterocycles. The summed E-state index contributed by atoms with van der Waals surface area (Å²) in [5.41, 5.74) is 3.37. The Morgan fingerprint density at radius 3 is 2.26 bits per heavy atom. The van der Waals surface area contributed by atoms with Crippen LogP contribution in [0.25, 0.3) is 22.2 Å². The Labute approximate surface area is 253 Å². The van der Waals surface area contributed by atoms with Crippen LogP contribution in [-0.2, 0) is 11.2 Å². The molecule has 1 fully saturated rings. The topological polar surface area (TPSA) is 71.5 Å². The van der Waals surface area contributed by atoms with E-state index >= 15 is 4.39 Å². The highest BCUT2D eigenvalue weighted by atomic mass is 19.1. The van der Waals surface area contributed by atoms with Crippen molar-refractivity contribution in [2.45, 2.75) is 65.0 Å². The van der Waals surface area contributed by atoms with Crippen LogP contribution in [0.15, 0.2) is 78.9 Å². The van der Waals surface area contributed by atoms with Crippen LogP contribution in [0, 0.1) is 11.7 Å². The summed E-state index contributed by atoms with van der Waals surface area (Å²) in [6.45, 7) is 8.78. The van der Waals surface area contributed by atoms with Crippen molar-refractivity contribution < 1.29 is 18.7 Å². The molecule has 224 valence electrons. The largest absolute Gasteiger partial charge is 0.444 e. The highest BCUT2D eigenvalue weighted by Crippen LogP contribution is 2.35. The first-order valence-corrected chi connectivity index (χ1v) is 15.1. The zero-order chi connectivity index (χ0) is 30.6. The lowest BCUT2D eigenvalue weighted by Gasteiger charge is -2.34. The number of amides is 2. The predicted molar refractivity (Wildman–Crippen MR) is 168 cm³/mol. The first-order chi connectivity index (χ1) is 20.6. The van der Waals surface area contributed by atoms with Crippen molar-refractivity contribution in [2.75, 3.05) is 13.1 Å². The minimum Gasteiger partial charge on any atom is -0.444 e. The van der Waals surface area contributed by atoms with E-state index in [4.69, 9.17) is 9.72 Å². The van der Waals surface area contributed by atoms with E-state index in [0.29, 0.717) is 42.6 Å². The Hall–Kier alpha value is -4.26. The summed E-state index contributed by atoms with van der Waals surface area (Å²) < 4.78 is 20.9. The molecule has 3 aromatic carbocycles. The maximum absolute atomic E-state index is 15.3. The van der Waals surface area contributed by atoms with Gasteiger partial charge in [0.25, 0.3) is 5.91 Å². The summed E-state index contributed by atoms with van der Waals surface area (Å²) >= 11 is 0. The number of carbonyl (C=O) groups is 2. The molecule has 43 heavy (non-hydrogen) atoms. The maximum Gasteiger partial charge on any atom is 0.410 e. The first kappa shape index (κ1) is 30.2. The number of rotatable bonds is 7. The van der Waals surface area contributed by atoms with Crippen molar-refractivity contribution in [3.05, 3.63) is 101 Å². The van der Waals surface area contributed by atoms with Gasteiger partial charge in [0, 0.05) is 24.0 Å². The molecule has 0 saturated carbocycles. The minimum atomic E-state index is -0.553. The van der Waals surface area contributed by atoms with Crippen LogP contribution in [0.1, 0.15) is 74.5 Å². The summed E-state index contributed by atoms with van der Waals surface area (Å²) in [7, 11) is 0. The van der Waals surface area contributed by atoms with Gasteiger partial charge in [0.15, 0.2) is 0 Å². The van der Waals surface area contributed by atoms with Crippen LogP contribution in [-0.4, -0.2) is 40.6 Å². The number of pyridine rings is 1. The van der Waals surface area contributed by atoms with E-state index in [-0.39, 0.29) is 29.5 Å². The molecule has 1 saturated heterocycles. The molecule has 7 heteroatoms. The van der Waals surface area contributed by atoms with Crippen molar-refractivity contribution in [1.82, 2.24) is 15.2 Å². The molecule has 1 atom stereocenters. The quantitative estimate of drug-likeness (QED) is 0.239. The molecule has 1 N–H and O–H groups in total. The van der Waals surface area contributed by atoms with Gasteiger partial charge in [0.1, 0.15) is 16.9 Å². The van der Waals surface area contributed by atoms with Gasteiger partial charge in [-0.15, -0.1) is 0 Å². The molecule has 5 rings (SSSR count). The summed E-state index contributed by atoms with van der Waals surface area (Å²) in [6, 6.07) is 24.2. The number of nitrogens with one attached hydrogen (secondary N) is 1. The molecule has 0 bridgehead atoms. The third-order valence-corrected chi connectivity index (χ3v) is 8.02. The van der Waals surface area contributed by atoms with Gasteiger partial charge < -0.3 is 15.0 Å². The van der Waals surface area contributed by atoms with Crippen LogP contribution in [0.5, 0.6) is 0 Å². The highest BCUT2D eigenvalue weighted by Gasteiger charge is 2.30. The van der Waals surface area contributed by atoms with Gasteiger partial charge in [-0.05, 0) is 69.6 Å². The van der Waals surface area contributed by atoms with Gasteiger partial charge in [-0.3, -0.25) is 4.79 Å². The molecular formula is C36H40FN3O3. The van der Waals surface area contributed by atoms with Gasteiger partial charge in [-0.25, -0.2) is 14.2 Å². The number of halogens is 1. The monoisotopic (exact) mass is 581 g/mol. The molecule has 6 nitrogen and oxygen atoms in total. The molecule has 4 aromatic rings. The van der Waals surface area contributed by atoms with Crippen molar-refractivity contribution in [3.63, 3.8) is 0 Å². The van der Waals surface area contributed by atoms with E-state index in [1.54, 1.807) is 17.0 Å². The number of benzene rings is 3. The van der Waals surface area contributed by atoms with Gasteiger partial charge in [-0.1, -0.05) is 79.7 Å². The fourth-order valence-electron chi connectivity index (χ4n) is 5.86. The van der Waals surface area contributed by atoms with E-state index in [9.17, 15) is 9.59 Å². The van der Waals surface area contributed by atoms with Gasteiger partial charge >= 0.3 is 6.09 Å². The summed E-state index contributed by atoms with van der Waals surface area (Å²) in [6.07, 6.45) is 2.51. The lowest BCUT2D eigenvalue weighted by atomic mass is 9.85. The second-order valence-corrected chi connectivity index (χ2v) is 12.3. The molecule has 0 spiro atoms. The van der Waals surface area contributed by atoms with Crippen molar-refractivity contribution in [3.8, 4) is 11.3 Å². The van der Waals surface area contributed by atoms with Crippen LogP contribution >= 0.6 is 0 Å². The van der Waals surface area contributed by atoms with Crippen molar-refractivity contribution in [1.29, 1.82) is 0 Å². The smallest absolute Gasteiger partial charge is 0.410 e. The number of fused-ring (bicyclic) bond motifs is 1. The molecule has 1 aromatic heterocycles. The fraction of sp³-hybridized carbons (Fsp3) is 0.361. The number of ether oxygens (including phenoxy) is 1. The van der Waals surface area contributed by atoms with E-state index in [2.05, 4.69) is 5.32 Å². The van der Waals surface area contributed by atoms with Crippen molar-refractivity contribution in [2.24, 2.45) is 5.92 Å². The summed E-state index contributed by atoms with van der Waals surface area (Å²) in [5, 5.41) is 3.75. The number of likely N-dealkylation sites (tertiary alicyclic amines) is 1. The zero-order valence-corrected chi connectivity index (χ0v) is 25.4. The Morgan fingerprint density at radius 1 is 0.977 bits per heavy atom. The Morgan fingerprint density at radius 2 is 1.63 bits per heavy atom. The number of nitrogens with zero attached hydrogens (tertiary/aromatic N) is 2. The first-order valence-electron chi connectivity index (χ1n) is 15.1. The number of piperidine rings is 1. The lowest BCUT2D eigenvalue weighted by Crippen LogP contribution is -2.42. The highest BCUT2D eigenvalue weighted by molar-refractivity contribution is 6.09. The van der Waals surface area contributed by atoms with Gasteiger partial charge in [0.2, 0.25) is 0 Å². The lowest BCUT2D eigenvalue weighted by molar-refractivity contribution is 0.0184. The van der Waals surface area contributed by atoms with E-state index in [0.717, 1.165) is 29.5 Å². The Balaban J connectivity index is 1.55. The zero-order valence-electron chi connectivity index (χ0n) is 25.4. The average molecular weight is 582 g/mol. The summed E-state index contributed by atoms with van der Waals surface area (Å²) in [5.74, 6) is -0.500. The molecule has 0 aliphatic carbocycles. The third kappa shape index (κ3) is 7.04. The molecule has 1 aliphatic heterocycles. The Bertz CT molecular complexity index is 1580. The van der Waals surface area contributed by atoms with E-state index in [1.807, 2.05) is 88.4 Å². The maximum atomic E-state index is 15.3. The molecule has 2 amide bonds. The van der Waals surface area contributed by atoms with Gasteiger partial charge in [-0.2, -0.15) is 0 Å². The van der Waals surface area contributed by atoms with E-state index in [1.165, 1.54) is 6.07 Å².